The van der Waals surface area contributed by atoms with E-state index in [-0.39, 0.29) is 24.7 Å². The standard InChI is InChI=1S/C28H46O10/c1-7-20-13-16(2)21(30)12-10-8-9-11-17(3)36-23(32)14-22(31)25(35-6)24(20)38-27-26(33)28(34,19(5)29)15-18(4)37-27/h8-10,12,16-18,20-22,24-27,30-31,33-34H,7,11,13-15H2,1-6H3/b9-8+,12-10+. The molecule has 1 fully saturated rings. The van der Waals surface area contributed by atoms with Crippen LogP contribution in [0.4, 0.5) is 0 Å². The summed E-state index contributed by atoms with van der Waals surface area (Å²) in [7, 11) is 1.38. The summed E-state index contributed by atoms with van der Waals surface area (Å²) in [6.07, 6.45) is -0.168. The van der Waals surface area contributed by atoms with Crippen LogP contribution in [0.1, 0.15) is 66.7 Å². The number of allylic oxidation sites excluding steroid dienone is 2. The smallest absolute Gasteiger partial charge is 0.308 e. The molecule has 1 saturated heterocycles. The average Bonchev–Trinajstić information content (AvgIpc) is 2.83. The number of carbonyl (C=O) groups is 2. The van der Waals surface area contributed by atoms with Gasteiger partial charge in [0.1, 0.15) is 18.3 Å². The molecule has 218 valence electrons. The zero-order chi connectivity index (χ0) is 28.6. The normalized spacial score (nSPS) is 43.7. The molecule has 11 atom stereocenters. The van der Waals surface area contributed by atoms with E-state index in [2.05, 4.69) is 0 Å². The summed E-state index contributed by atoms with van der Waals surface area (Å²) in [5, 5.41) is 43.7. The lowest BCUT2D eigenvalue weighted by molar-refractivity contribution is -0.312. The number of hydrogen-bond acceptors (Lipinski definition) is 10. The molecule has 0 saturated carbocycles. The average molecular weight is 543 g/mol. The number of methoxy groups -OCH3 is 1. The first kappa shape index (κ1) is 32.6. The van der Waals surface area contributed by atoms with Gasteiger partial charge in [-0.2, -0.15) is 0 Å². The maximum absolute atomic E-state index is 12.6. The van der Waals surface area contributed by atoms with Gasteiger partial charge in [0.05, 0.1) is 30.8 Å². The summed E-state index contributed by atoms with van der Waals surface area (Å²) >= 11 is 0. The molecule has 2 rings (SSSR count). The Morgan fingerprint density at radius 3 is 2.42 bits per heavy atom. The number of cyclic esters (lactones) is 1. The number of aliphatic hydroxyl groups is 4. The second-order valence-electron chi connectivity index (χ2n) is 10.7. The highest BCUT2D eigenvalue weighted by atomic mass is 16.7. The third-order valence-electron chi connectivity index (χ3n) is 7.57. The van der Waals surface area contributed by atoms with Crippen LogP contribution in [0.15, 0.2) is 24.3 Å². The lowest BCUT2D eigenvalue weighted by Crippen LogP contribution is -2.62. The molecule has 0 aromatic rings. The molecule has 0 aromatic carbocycles. The van der Waals surface area contributed by atoms with Gasteiger partial charge in [-0.3, -0.25) is 9.59 Å². The van der Waals surface area contributed by atoms with Gasteiger partial charge in [-0.05, 0) is 39.0 Å². The Bertz CT molecular complexity index is 828. The van der Waals surface area contributed by atoms with Crippen LogP contribution in [0.2, 0.25) is 0 Å². The van der Waals surface area contributed by atoms with Crippen LogP contribution in [-0.4, -0.2) is 93.9 Å². The third-order valence-corrected chi connectivity index (χ3v) is 7.57. The molecule has 2 aliphatic rings. The van der Waals surface area contributed by atoms with Gasteiger partial charge in [0.15, 0.2) is 17.7 Å². The lowest BCUT2D eigenvalue weighted by atomic mass is 9.82. The SMILES string of the molecule is CCC1CC(C)C(O)/C=C/C=C/CC(C)OC(=O)CC(O)C(OC)C1OC1OC(C)CC(O)(C(C)=O)C1O. The number of carbonyl (C=O) groups excluding carboxylic acids is 2. The van der Waals surface area contributed by atoms with Crippen molar-refractivity contribution in [2.45, 2.75) is 121 Å². The Kier molecular flexibility index (Phi) is 12.5. The van der Waals surface area contributed by atoms with Crippen molar-refractivity contribution in [3.8, 4) is 0 Å². The molecule has 0 bridgehead atoms. The van der Waals surface area contributed by atoms with E-state index in [0.717, 1.165) is 0 Å². The number of aliphatic hydroxyl groups excluding tert-OH is 3. The van der Waals surface area contributed by atoms with Gasteiger partial charge in [-0.25, -0.2) is 0 Å². The van der Waals surface area contributed by atoms with Crippen LogP contribution in [-0.2, 0) is 28.5 Å². The molecule has 0 radical (unpaired) electrons. The molecule has 11 unspecified atom stereocenters. The van der Waals surface area contributed by atoms with Crippen molar-refractivity contribution in [2.75, 3.05) is 7.11 Å². The second-order valence-corrected chi connectivity index (χ2v) is 10.7. The van der Waals surface area contributed by atoms with Crippen molar-refractivity contribution < 1.29 is 49.0 Å². The molecule has 38 heavy (non-hydrogen) atoms. The van der Waals surface area contributed by atoms with Crippen molar-refractivity contribution in [1.82, 2.24) is 0 Å². The number of ether oxygens (including phenoxy) is 4. The quantitative estimate of drug-likeness (QED) is 0.379. The van der Waals surface area contributed by atoms with E-state index >= 15 is 0 Å². The Morgan fingerprint density at radius 2 is 1.82 bits per heavy atom. The van der Waals surface area contributed by atoms with Crippen LogP contribution in [0.3, 0.4) is 0 Å². The highest BCUT2D eigenvalue weighted by molar-refractivity contribution is 5.85. The molecule has 10 nitrogen and oxygen atoms in total. The minimum absolute atomic E-state index is 0.102. The first-order valence-electron chi connectivity index (χ1n) is 13.5. The van der Waals surface area contributed by atoms with E-state index in [1.165, 1.54) is 14.0 Å². The van der Waals surface area contributed by atoms with Gasteiger partial charge < -0.3 is 39.4 Å². The predicted octanol–water partition coefficient (Wildman–Crippen LogP) is 1.81. The second kappa shape index (κ2) is 14.6. The molecule has 0 spiro atoms. The Labute approximate surface area is 225 Å². The van der Waals surface area contributed by atoms with E-state index in [4.69, 9.17) is 18.9 Å². The lowest BCUT2D eigenvalue weighted by Gasteiger charge is -2.45. The summed E-state index contributed by atoms with van der Waals surface area (Å²) in [5.41, 5.74) is -2.06. The molecule has 4 N–H and O–H groups in total. The molecule has 0 amide bonds. The minimum Gasteiger partial charge on any atom is -0.462 e. The maximum atomic E-state index is 12.6. The Hall–Kier alpha value is -1.66. The molecule has 0 aliphatic carbocycles. The van der Waals surface area contributed by atoms with Crippen LogP contribution in [0.25, 0.3) is 0 Å². The van der Waals surface area contributed by atoms with E-state index in [9.17, 15) is 30.0 Å². The minimum atomic E-state index is -2.06. The van der Waals surface area contributed by atoms with E-state index in [0.29, 0.717) is 19.3 Å². The molecule has 10 heteroatoms. The molecular weight excluding hydrogens is 496 g/mol. The van der Waals surface area contributed by atoms with Crippen molar-refractivity contribution in [3.05, 3.63) is 24.3 Å². The van der Waals surface area contributed by atoms with E-state index < -0.39 is 66.4 Å². The van der Waals surface area contributed by atoms with Crippen molar-refractivity contribution in [1.29, 1.82) is 0 Å². The fraction of sp³-hybridized carbons (Fsp3) is 0.786. The highest BCUT2D eigenvalue weighted by Gasteiger charge is 2.52. The first-order valence-corrected chi connectivity index (χ1v) is 13.5. The van der Waals surface area contributed by atoms with E-state index in [1.54, 1.807) is 32.1 Å². The first-order chi connectivity index (χ1) is 17.8. The fourth-order valence-electron chi connectivity index (χ4n) is 5.19. The zero-order valence-electron chi connectivity index (χ0n) is 23.4. The van der Waals surface area contributed by atoms with Gasteiger partial charge in [0, 0.05) is 20.0 Å². The summed E-state index contributed by atoms with van der Waals surface area (Å²) in [4.78, 5) is 24.8. The molecule has 2 heterocycles. The number of hydrogen-bond donors (Lipinski definition) is 4. The topological polar surface area (TPSA) is 152 Å². The fourth-order valence-corrected chi connectivity index (χ4v) is 5.19. The van der Waals surface area contributed by atoms with Gasteiger partial charge in [-0.1, -0.05) is 44.6 Å². The monoisotopic (exact) mass is 542 g/mol. The Balaban J connectivity index is 2.46. The third kappa shape index (κ3) is 8.42. The van der Waals surface area contributed by atoms with Gasteiger partial charge in [0.2, 0.25) is 0 Å². The number of esters is 1. The molecule has 2 aliphatic heterocycles. The Morgan fingerprint density at radius 1 is 1.13 bits per heavy atom. The van der Waals surface area contributed by atoms with E-state index in [1.807, 2.05) is 19.9 Å². The number of rotatable bonds is 5. The molecule has 0 aromatic heterocycles. The van der Waals surface area contributed by atoms with Crippen LogP contribution in [0, 0.1) is 11.8 Å². The van der Waals surface area contributed by atoms with Crippen LogP contribution in [0.5, 0.6) is 0 Å². The molecular formula is C28H46O10. The van der Waals surface area contributed by atoms with Crippen molar-refractivity contribution in [3.63, 3.8) is 0 Å². The van der Waals surface area contributed by atoms with Gasteiger partial charge in [0.25, 0.3) is 0 Å². The highest BCUT2D eigenvalue weighted by Crippen LogP contribution is 2.35. The predicted molar refractivity (Wildman–Crippen MR) is 139 cm³/mol. The summed E-state index contributed by atoms with van der Waals surface area (Å²) in [6, 6.07) is 0. The maximum Gasteiger partial charge on any atom is 0.308 e. The van der Waals surface area contributed by atoms with Crippen LogP contribution >= 0.6 is 0 Å². The number of Topliss-reactive ketones (excluding diaryl/α,β-unsaturated/α-hetero) is 1. The van der Waals surface area contributed by atoms with Gasteiger partial charge >= 0.3 is 5.97 Å². The zero-order valence-corrected chi connectivity index (χ0v) is 23.4. The number of ketones is 1. The summed E-state index contributed by atoms with van der Waals surface area (Å²) in [5.74, 6) is -1.76. The largest absolute Gasteiger partial charge is 0.462 e. The van der Waals surface area contributed by atoms with Crippen molar-refractivity contribution in [2.24, 2.45) is 11.8 Å². The summed E-state index contributed by atoms with van der Waals surface area (Å²) in [6.45, 7) is 8.40. The van der Waals surface area contributed by atoms with Gasteiger partial charge in [-0.15, -0.1) is 0 Å². The van der Waals surface area contributed by atoms with Crippen LogP contribution < -0.4 is 0 Å². The van der Waals surface area contributed by atoms with Crippen molar-refractivity contribution >= 4 is 11.8 Å². The summed E-state index contributed by atoms with van der Waals surface area (Å²) < 4.78 is 23.1.